The van der Waals surface area contributed by atoms with E-state index >= 15 is 0 Å². The number of piperidine rings is 1. The maximum Gasteiger partial charge on any atom is 0.217 e. The van der Waals surface area contributed by atoms with Crippen molar-refractivity contribution in [3.63, 3.8) is 0 Å². The molecule has 4 rings (SSSR count). The predicted molar refractivity (Wildman–Crippen MR) is 99.6 cm³/mol. The molecule has 2 atom stereocenters. The monoisotopic (exact) mass is 351 g/mol. The van der Waals surface area contributed by atoms with Crippen LogP contribution in [0.4, 0.5) is 0 Å². The first-order chi connectivity index (χ1) is 12.7. The van der Waals surface area contributed by atoms with Gasteiger partial charge in [-0.1, -0.05) is 24.3 Å². The summed E-state index contributed by atoms with van der Waals surface area (Å²) in [4.78, 5) is 16.0. The summed E-state index contributed by atoms with van der Waals surface area (Å²) in [7, 11) is 0. The fourth-order valence-corrected chi connectivity index (χ4v) is 4.58. The van der Waals surface area contributed by atoms with Gasteiger partial charge in [0.1, 0.15) is 0 Å². The summed E-state index contributed by atoms with van der Waals surface area (Å²) in [6.45, 7) is 4.04. The lowest BCUT2D eigenvalue weighted by molar-refractivity contribution is -0.122. The number of ether oxygens (including phenoxy) is 1. The molecule has 136 valence electrons. The highest BCUT2D eigenvalue weighted by Gasteiger charge is 2.53. The molecule has 1 fully saturated rings. The number of amides is 1. The highest BCUT2D eigenvalue weighted by molar-refractivity contribution is 5.74. The van der Waals surface area contributed by atoms with Gasteiger partial charge in [-0.25, -0.2) is 0 Å². The van der Waals surface area contributed by atoms with Gasteiger partial charge in [0.2, 0.25) is 5.91 Å². The van der Waals surface area contributed by atoms with Crippen LogP contribution in [0, 0.1) is 0 Å². The van der Waals surface area contributed by atoms with Gasteiger partial charge >= 0.3 is 0 Å². The number of benzene rings is 1. The lowest BCUT2D eigenvalue weighted by atomic mass is 9.72. The number of carbonyl (C=O) groups is 1. The Bertz CT molecular complexity index is 772. The minimum absolute atomic E-state index is 0.0201. The summed E-state index contributed by atoms with van der Waals surface area (Å²) in [5, 5.41) is 6.62. The number of hydrogen-bond donors (Lipinski definition) is 2. The van der Waals surface area contributed by atoms with Crippen LogP contribution in [0.25, 0.3) is 0 Å². The van der Waals surface area contributed by atoms with Crippen molar-refractivity contribution >= 4 is 5.91 Å². The second-order valence-electron chi connectivity index (χ2n) is 7.26. The summed E-state index contributed by atoms with van der Waals surface area (Å²) in [5.41, 5.74) is 3.58. The molecule has 0 saturated carbocycles. The van der Waals surface area contributed by atoms with Crippen LogP contribution in [0.1, 0.15) is 42.5 Å². The van der Waals surface area contributed by atoms with Gasteiger partial charge in [0.15, 0.2) is 0 Å². The van der Waals surface area contributed by atoms with Gasteiger partial charge in [-0.05, 0) is 54.8 Å². The minimum Gasteiger partial charge on any atom is -0.370 e. The van der Waals surface area contributed by atoms with Gasteiger partial charge in [-0.2, -0.15) is 0 Å². The topological polar surface area (TPSA) is 63.2 Å². The van der Waals surface area contributed by atoms with Crippen LogP contribution in [0.5, 0.6) is 0 Å². The number of rotatable bonds is 4. The van der Waals surface area contributed by atoms with E-state index in [9.17, 15) is 4.79 Å². The molecule has 5 heteroatoms. The average molecular weight is 351 g/mol. The summed E-state index contributed by atoms with van der Waals surface area (Å²) in [6.07, 6.45) is 5.53. The quantitative estimate of drug-likeness (QED) is 0.888. The molecule has 0 radical (unpaired) electrons. The molecular weight excluding hydrogens is 326 g/mol. The number of nitrogens with one attached hydrogen (secondary N) is 2. The maximum atomic E-state index is 11.9. The van der Waals surface area contributed by atoms with Crippen LogP contribution < -0.4 is 10.6 Å². The van der Waals surface area contributed by atoms with Crippen LogP contribution in [0.2, 0.25) is 0 Å². The van der Waals surface area contributed by atoms with Crippen LogP contribution in [-0.4, -0.2) is 30.1 Å². The summed E-state index contributed by atoms with van der Waals surface area (Å²) in [5.74, 6) is -0.0201. The molecule has 1 aliphatic heterocycles. The molecule has 5 nitrogen and oxygen atoms in total. The Kier molecular flexibility index (Phi) is 4.74. The van der Waals surface area contributed by atoms with E-state index in [1.54, 1.807) is 19.3 Å². The lowest BCUT2D eigenvalue weighted by Crippen LogP contribution is -2.49. The fourth-order valence-electron chi connectivity index (χ4n) is 4.58. The Labute approximate surface area is 154 Å². The van der Waals surface area contributed by atoms with Gasteiger partial charge in [-0.3, -0.25) is 9.78 Å². The molecule has 1 amide bonds. The molecule has 1 aromatic carbocycles. The molecule has 1 spiro atoms. The predicted octanol–water partition coefficient (Wildman–Crippen LogP) is 2.48. The number of nitrogens with zero attached hydrogens (tertiary/aromatic N) is 1. The molecule has 1 aliphatic carbocycles. The number of carbonyl (C=O) groups excluding carboxylic acids is 1. The van der Waals surface area contributed by atoms with Crippen LogP contribution in [0.15, 0.2) is 48.8 Å². The molecule has 2 aliphatic rings. The first-order valence-corrected chi connectivity index (χ1v) is 9.28. The van der Waals surface area contributed by atoms with Crippen LogP contribution >= 0.6 is 0 Å². The van der Waals surface area contributed by atoms with Gasteiger partial charge in [0.25, 0.3) is 0 Å². The van der Waals surface area contributed by atoms with Gasteiger partial charge < -0.3 is 15.4 Å². The summed E-state index contributed by atoms with van der Waals surface area (Å²) in [6, 6.07) is 12.3. The zero-order valence-electron chi connectivity index (χ0n) is 15.1. The minimum atomic E-state index is -0.108. The second-order valence-corrected chi connectivity index (χ2v) is 7.26. The number of aromatic nitrogens is 1. The third-order valence-electron chi connectivity index (χ3n) is 5.71. The second kappa shape index (κ2) is 7.17. The molecule has 2 aromatic rings. The van der Waals surface area contributed by atoms with E-state index < -0.39 is 0 Å². The lowest BCUT2D eigenvalue weighted by Gasteiger charge is -2.41. The van der Waals surface area contributed by atoms with Gasteiger partial charge in [0, 0.05) is 24.7 Å². The first-order valence-electron chi connectivity index (χ1n) is 9.28. The standard InChI is InChI=1S/C21H25N3O2/c1-15(25)24-19-17-4-2-3-5-18(17)21(8-12-23-13-9-21)20(19)26-14-16-6-10-22-11-7-16/h2-7,10-11,19-20,23H,8-9,12-14H2,1H3,(H,24,25)/t19-,20+/m0/s1. The largest absolute Gasteiger partial charge is 0.370 e. The Morgan fingerprint density at radius 3 is 2.69 bits per heavy atom. The maximum absolute atomic E-state index is 11.9. The molecule has 26 heavy (non-hydrogen) atoms. The fraction of sp³-hybridized carbons (Fsp3) is 0.429. The van der Waals surface area contributed by atoms with Crippen molar-refractivity contribution in [3.8, 4) is 0 Å². The molecule has 2 N–H and O–H groups in total. The van der Waals surface area contributed by atoms with E-state index in [1.165, 1.54) is 11.1 Å². The Hall–Kier alpha value is -2.24. The molecule has 2 heterocycles. The van der Waals surface area contributed by atoms with Crippen LogP contribution in [0.3, 0.4) is 0 Å². The Morgan fingerprint density at radius 2 is 1.96 bits per heavy atom. The molecule has 0 unspecified atom stereocenters. The van der Waals surface area contributed by atoms with Crippen molar-refractivity contribution in [1.82, 2.24) is 15.6 Å². The van der Waals surface area contributed by atoms with E-state index in [1.807, 2.05) is 18.2 Å². The van der Waals surface area contributed by atoms with E-state index in [0.717, 1.165) is 31.5 Å². The van der Waals surface area contributed by atoms with Crippen molar-refractivity contribution in [1.29, 1.82) is 0 Å². The highest BCUT2D eigenvalue weighted by Crippen LogP contribution is 2.51. The Morgan fingerprint density at radius 1 is 1.23 bits per heavy atom. The van der Waals surface area contributed by atoms with Gasteiger partial charge in [0.05, 0.1) is 18.8 Å². The Balaban J connectivity index is 1.70. The van der Waals surface area contributed by atoms with Crippen molar-refractivity contribution < 1.29 is 9.53 Å². The van der Waals surface area contributed by atoms with Crippen molar-refractivity contribution in [2.24, 2.45) is 0 Å². The molecule has 1 aromatic heterocycles. The summed E-state index contributed by atoms with van der Waals surface area (Å²) < 4.78 is 6.51. The molecule has 0 bridgehead atoms. The van der Waals surface area contributed by atoms with E-state index in [0.29, 0.717) is 6.61 Å². The first kappa shape index (κ1) is 17.2. The van der Waals surface area contributed by atoms with Crippen molar-refractivity contribution in [3.05, 3.63) is 65.5 Å². The highest BCUT2D eigenvalue weighted by atomic mass is 16.5. The third-order valence-corrected chi connectivity index (χ3v) is 5.71. The van der Waals surface area contributed by atoms with Crippen molar-refractivity contribution in [2.75, 3.05) is 13.1 Å². The normalized spacial score (nSPS) is 23.6. The smallest absolute Gasteiger partial charge is 0.217 e. The molecule has 1 saturated heterocycles. The zero-order valence-corrected chi connectivity index (χ0v) is 15.1. The van der Waals surface area contributed by atoms with E-state index in [4.69, 9.17) is 4.74 Å². The van der Waals surface area contributed by atoms with E-state index in [2.05, 4.69) is 33.8 Å². The van der Waals surface area contributed by atoms with Crippen LogP contribution in [-0.2, 0) is 21.6 Å². The molecular formula is C21H25N3O2. The average Bonchev–Trinajstić information content (AvgIpc) is 2.91. The SMILES string of the molecule is CC(=O)N[C@H]1c2ccccc2C2(CCNCC2)[C@@H]1OCc1ccncc1. The third kappa shape index (κ3) is 3.02. The van der Waals surface area contributed by atoms with Gasteiger partial charge in [-0.15, -0.1) is 0 Å². The van der Waals surface area contributed by atoms with Crippen molar-refractivity contribution in [2.45, 2.75) is 43.9 Å². The zero-order chi connectivity index (χ0) is 18.0. The number of fused-ring (bicyclic) bond motifs is 2. The number of hydrogen-bond acceptors (Lipinski definition) is 4. The summed E-state index contributed by atoms with van der Waals surface area (Å²) >= 11 is 0. The number of pyridine rings is 1. The van der Waals surface area contributed by atoms with E-state index in [-0.39, 0.29) is 23.5 Å².